The fourth-order valence-corrected chi connectivity index (χ4v) is 2.56. The summed E-state index contributed by atoms with van der Waals surface area (Å²) in [4.78, 5) is 18.4. The number of benzene rings is 1. The molecule has 1 heterocycles. The summed E-state index contributed by atoms with van der Waals surface area (Å²) >= 11 is 0. The molecular weight excluding hydrogens is 296 g/mol. The van der Waals surface area contributed by atoms with E-state index in [0.29, 0.717) is 29.7 Å². The first-order chi connectivity index (χ1) is 11.1. The van der Waals surface area contributed by atoms with Crippen molar-refractivity contribution in [3.05, 3.63) is 41.6 Å². The lowest BCUT2D eigenvalue weighted by Gasteiger charge is -2.19. The topological polar surface area (TPSA) is 64.8 Å². The summed E-state index contributed by atoms with van der Waals surface area (Å²) in [6.07, 6.45) is 3.46. The smallest absolute Gasteiger partial charge is 0.276 e. The van der Waals surface area contributed by atoms with Gasteiger partial charge in [0.15, 0.2) is 12.1 Å². The summed E-state index contributed by atoms with van der Waals surface area (Å²) in [6, 6.07) is 5.53. The van der Waals surface area contributed by atoms with Crippen molar-refractivity contribution in [1.29, 1.82) is 0 Å². The van der Waals surface area contributed by atoms with Crippen LogP contribution in [-0.2, 0) is 6.54 Å². The molecule has 1 saturated carbocycles. The normalized spacial score (nSPS) is 13.7. The van der Waals surface area contributed by atoms with Gasteiger partial charge >= 0.3 is 0 Å². The van der Waals surface area contributed by atoms with Gasteiger partial charge in [0.1, 0.15) is 17.3 Å². The summed E-state index contributed by atoms with van der Waals surface area (Å²) in [7, 11) is 4.96. The standard InChI is InChI=1S/C17H20N2O4/c1-19(9-12-8-13(21-2)6-7-14(12)22-3)17(20)15-16(11-4-5-11)23-10-18-15/h6-8,10-11H,4-5,9H2,1-3H3. The summed E-state index contributed by atoms with van der Waals surface area (Å²) in [6.45, 7) is 0.399. The number of hydrogen-bond acceptors (Lipinski definition) is 5. The highest BCUT2D eigenvalue weighted by Crippen LogP contribution is 2.41. The zero-order chi connectivity index (χ0) is 16.4. The van der Waals surface area contributed by atoms with E-state index in [1.165, 1.54) is 6.39 Å². The van der Waals surface area contributed by atoms with E-state index in [4.69, 9.17) is 13.9 Å². The number of amides is 1. The van der Waals surface area contributed by atoms with E-state index in [0.717, 1.165) is 24.2 Å². The second-order valence-electron chi connectivity index (χ2n) is 5.68. The molecular formula is C17H20N2O4. The molecule has 0 aliphatic heterocycles. The average molecular weight is 316 g/mol. The Labute approximate surface area is 135 Å². The Balaban J connectivity index is 1.79. The predicted octanol–water partition coefficient (Wildman–Crippen LogP) is 2.84. The number of methoxy groups -OCH3 is 2. The fourth-order valence-electron chi connectivity index (χ4n) is 2.56. The zero-order valence-corrected chi connectivity index (χ0v) is 13.5. The van der Waals surface area contributed by atoms with Crippen LogP contribution in [0.15, 0.2) is 29.0 Å². The van der Waals surface area contributed by atoms with Crippen LogP contribution in [0, 0.1) is 0 Å². The molecule has 0 atom stereocenters. The minimum Gasteiger partial charge on any atom is -0.497 e. The van der Waals surface area contributed by atoms with Crippen LogP contribution in [0.1, 0.15) is 40.6 Å². The van der Waals surface area contributed by atoms with Gasteiger partial charge < -0.3 is 18.8 Å². The van der Waals surface area contributed by atoms with E-state index in [9.17, 15) is 4.79 Å². The average Bonchev–Trinajstić information content (AvgIpc) is 3.30. The van der Waals surface area contributed by atoms with E-state index < -0.39 is 0 Å². The van der Waals surface area contributed by atoms with Crippen LogP contribution in [-0.4, -0.2) is 37.1 Å². The van der Waals surface area contributed by atoms with Gasteiger partial charge in [-0.25, -0.2) is 4.98 Å². The van der Waals surface area contributed by atoms with Gasteiger partial charge in [0.2, 0.25) is 0 Å². The molecule has 1 aromatic carbocycles. The molecule has 6 nitrogen and oxygen atoms in total. The molecule has 0 unspecified atom stereocenters. The summed E-state index contributed by atoms with van der Waals surface area (Å²) in [5.41, 5.74) is 1.29. The molecule has 1 aliphatic rings. The molecule has 2 aromatic rings. The number of oxazole rings is 1. The lowest BCUT2D eigenvalue weighted by Crippen LogP contribution is -2.27. The van der Waals surface area contributed by atoms with Gasteiger partial charge in [0.25, 0.3) is 5.91 Å². The third-order valence-corrected chi connectivity index (χ3v) is 3.99. The molecule has 1 fully saturated rings. The zero-order valence-electron chi connectivity index (χ0n) is 13.5. The van der Waals surface area contributed by atoms with Gasteiger partial charge in [-0.05, 0) is 31.0 Å². The Kier molecular flexibility index (Phi) is 4.23. The number of rotatable bonds is 6. The van der Waals surface area contributed by atoms with Crippen molar-refractivity contribution in [2.45, 2.75) is 25.3 Å². The number of carbonyl (C=O) groups is 1. The minimum absolute atomic E-state index is 0.148. The maximum atomic E-state index is 12.6. The second-order valence-corrected chi connectivity index (χ2v) is 5.68. The Bertz CT molecular complexity index is 706. The van der Waals surface area contributed by atoms with Gasteiger partial charge in [0, 0.05) is 25.1 Å². The number of aromatic nitrogens is 1. The lowest BCUT2D eigenvalue weighted by molar-refractivity contribution is 0.0776. The van der Waals surface area contributed by atoms with Crippen molar-refractivity contribution in [3.8, 4) is 11.5 Å². The molecule has 122 valence electrons. The first-order valence-corrected chi connectivity index (χ1v) is 7.53. The largest absolute Gasteiger partial charge is 0.497 e. The van der Waals surface area contributed by atoms with Crippen LogP contribution in [0.4, 0.5) is 0 Å². The van der Waals surface area contributed by atoms with Gasteiger partial charge in [-0.3, -0.25) is 4.79 Å². The molecule has 6 heteroatoms. The van der Waals surface area contributed by atoms with Crippen molar-refractivity contribution in [2.75, 3.05) is 21.3 Å². The third kappa shape index (κ3) is 3.16. The van der Waals surface area contributed by atoms with Crippen LogP contribution >= 0.6 is 0 Å². The van der Waals surface area contributed by atoms with E-state index in [-0.39, 0.29) is 5.91 Å². The number of hydrogen-bond donors (Lipinski definition) is 0. The van der Waals surface area contributed by atoms with Gasteiger partial charge in [-0.15, -0.1) is 0 Å². The number of carbonyl (C=O) groups excluding carboxylic acids is 1. The highest BCUT2D eigenvalue weighted by atomic mass is 16.5. The molecule has 0 radical (unpaired) electrons. The minimum atomic E-state index is -0.148. The summed E-state index contributed by atoms with van der Waals surface area (Å²) < 4.78 is 16.0. The molecule has 1 amide bonds. The Morgan fingerprint density at radius 1 is 1.35 bits per heavy atom. The third-order valence-electron chi connectivity index (χ3n) is 3.99. The van der Waals surface area contributed by atoms with Crippen LogP contribution < -0.4 is 9.47 Å². The van der Waals surface area contributed by atoms with Crippen molar-refractivity contribution in [1.82, 2.24) is 9.88 Å². The Morgan fingerprint density at radius 2 is 2.13 bits per heavy atom. The molecule has 3 rings (SSSR count). The Hall–Kier alpha value is -2.50. The first kappa shape index (κ1) is 15.4. The first-order valence-electron chi connectivity index (χ1n) is 7.53. The molecule has 23 heavy (non-hydrogen) atoms. The van der Waals surface area contributed by atoms with Crippen molar-refractivity contribution in [3.63, 3.8) is 0 Å². The highest BCUT2D eigenvalue weighted by molar-refractivity contribution is 5.93. The van der Waals surface area contributed by atoms with E-state index in [1.54, 1.807) is 26.2 Å². The maximum Gasteiger partial charge on any atom is 0.276 e. The van der Waals surface area contributed by atoms with Crippen LogP contribution in [0.2, 0.25) is 0 Å². The van der Waals surface area contributed by atoms with Crippen molar-refractivity contribution >= 4 is 5.91 Å². The van der Waals surface area contributed by atoms with E-state index >= 15 is 0 Å². The lowest BCUT2D eigenvalue weighted by atomic mass is 10.1. The molecule has 1 aliphatic carbocycles. The fraction of sp³-hybridized carbons (Fsp3) is 0.412. The van der Waals surface area contributed by atoms with Crippen LogP contribution in [0.25, 0.3) is 0 Å². The monoisotopic (exact) mass is 316 g/mol. The molecule has 0 saturated heterocycles. The van der Waals surface area contributed by atoms with Gasteiger partial charge in [-0.2, -0.15) is 0 Å². The van der Waals surface area contributed by atoms with E-state index in [1.807, 2.05) is 18.2 Å². The van der Waals surface area contributed by atoms with Crippen LogP contribution in [0.3, 0.4) is 0 Å². The quantitative estimate of drug-likeness (QED) is 0.820. The number of ether oxygens (including phenoxy) is 2. The van der Waals surface area contributed by atoms with Crippen molar-refractivity contribution in [2.24, 2.45) is 0 Å². The van der Waals surface area contributed by atoms with Gasteiger partial charge in [0.05, 0.1) is 14.2 Å². The van der Waals surface area contributed by atoms with Crippen molar-refractivity contribution < 1.29 is 18.7 Å². The number of nitrogens with zero attached hydrogens (tertiary/aromatic N) is 2. The molecule has 0 bridgehead atoms. The van der Waals surface area contributed by atoms with E-state index in [2.05, 4.69) is 4.98 Å². The van der Waals surface area contributed by atoms with Crippen LogP contribution in [0.5, 0.6) is 11.5 Å². The Morgan fingerprint density at radius 3 is 2.78 bits per heavy atom. The second kappa shape index (κ2) is 6.32. The highest BCUT2D eigenvalue weighted by Gasteiger charge is 2.33. The molecule has 0 N–H and O–H groups in total. The SMILES string of the molecule is COc1ccc(OC)c(CN(C)C(=O)c2ncoc2C2CC2)c1. The van der Waals surface area contributed by atoms with Gasteiger partial charge in [-0.1, -0.05) is 0 Å². The predicted molar refractivity (Wildman–Crippen MR) is 83.8 cm³/mol. The summed E-state index contributed by atoms with van der Waals surface area (Å²) in [5, 5.41) is 0. The molecule has 0 spiro atoms. The summed E-state index contributed by atoms with van der Waals surface area (Å²) in [5.74, 6) is 2.34. The molecule has 1 aromatic heterocycles. The maximum absolute atomic E-state index is 12.6.